The molecule has 0 radical (unpaired) electrons. The van der Waals surface area contributed by atoms with Gasteiger partial charge in [-0.15, -0.1) is 24.0 Å². The minimum Gasteiger partial charge on any atom is -0.488 e. The smallest absolute Gasteiger partial charge is 0.191 e. The van der Waals surface area contributed by atoms with Gasteiger partial charge < -0.3 is 20.1 Å². The Morgan fingerprint density at radius 2 is 1.96 bits per heavy atom. The Balaban J connectivity index is 0.00000261. The molecule has 1 aromatic carbocycles. The van der Waals surface area contributed by atoms with Crippen LogP contribution in [0.25, 0.3) is 0 Å². The predicted molar refractivity (Wildman–Crippen MR) is 120 cm³/mol. The number of halogens is 1. The maximum absolute atomic E-state index is 5.97. The quantitative estimate of drug-likeness (QED) is 0.365. The molecule has 6 nitrogen and oxygen atoms in total. The summed E-state index contributed by atoms with van der Waals surface area (Å²) >= 11 is 0. The lowest BCUT2D eigenvalue weighted by atomic mass is 10.1. The highest BCUT2D eigenvalue weighted by atomic mass is 127. The number of aliphatic imine (C=N–C) groups is 1. The van der Waals surface area contributed by atoms with E-state index in [4.69, 9.17) is 9.47 Å². The Hall–Kier alpha value is -1.06. The first-order chi connectivity index (χ1) is 12.6. The average molecular weight is 488 g/mol. The molecule has 1 aromatic rings. The molecular weight excluding hydrogens is 455 g/mol. The van der Waals surface area contributed by atoms with Crippen LogP contribution in [0.3, 0.4) is 0 Å². The maximum Gasteiger partial charge on any atom is 0.191 e. The number of guanidine groups is 1. The number of para-hydroxylation sites is 1. The number of fused-ring (bicyclic) bond motifs is 1. The van der Waals surface area contributed by atoms with Crippen molar-refractivity contribution in [3.8, 4) is 5.75 Å². The van der Waals surface area contributed by atoms with Crippen LogP contribution in [-0.2, 0) is 11.2 Å². The second-order valence-electron chi connectivity index (χ2n) is 7.53. The van der Waals surface area contributed by atoms with Gasteiger partial charge >= 0.3 is 0 Å². The van der Waals surface area contributed by atoms with E-state index in [0.29, 0.717) is 5.92 Å². The standard InChI is InChI=1S/C20H32N4O2.HI/c1-15(2)13-24-8-9-25-18(14-24)12-23-20(21-3)22-11-17-10-16-6-4-5-7-19(16)26-17;/h4-7,15,17-18H,8-14H2,1-3H3,(H2,21,22,23);1H. The van der Waals surface area contributed by atoms with Crippen LogP contribution in [0.2, 0.25) is 0 Å². The molecule has 0 aromatic heterocycles. The van der Waals surface area contributed by atoms with Crippen LogP contribution >= 0.6 is 24.0 Å². The lowest BCUT2D eigenvalue weighted by Crippen LogP contribution is -2.50. The summed E-state index contributed by atoms with van der Waals surface area (Å²) < 4.78 is 11.9. The second kappa shape index (κ2) is 11.1. The normalized spacial score (nSPS) is 22.7. The van der Waals surface area contributed by atoms with Crippen LogP contribution in [-0.4, -0.2) is 69.4 Å². The fourth-order valence-corrected chi connectivity index (χ4v) is 3.60. The lowest BCUT2D eigenvalue weighted by molar-refractivity contribution is -0.0284. The van der Waals surface area contributed by atoms with Gasteiger partial charge in [0.15, 0.2) is 5.96 Å². The Bertz CT molecular complexity index is 586. The number of nitrogens with one attached hydrogen (secondary N) is 2. The Morgan fingerprint density at radius 3 is 2.67 bits per heavy atom. The summed E-state index contributed by atoms with van der Waals surface area (Å²) in [6, 6.07) is 8.24. The van der Waals surface area contributed by atoms with Crippen molar-refractivity contribution in [1.29, 1.82) is 0 Å². The molecule has 2 aliphatic rings. The summed E-state index contributed by atoms with van der Waals surface area (Å²) in [4.78, 5) is 6.81. The van der Waals surface area contributed by atoms with E-state index in [1.807, 2.05) is 12.1 Å². The first-order valence-electron chi connectivity index (χ1n) is 9.67. The van der Waals surface area contributed by atoms with Gasteiger partial charge in [-0.1, -0.05) is 32.0 Å². The van der Waals surface area contributed by atoms with Crippen molar-refractivity contribution < 1.29 is 9.47 Å². The van der Waals surface area contributed by atoms with Crippen molar-refractivity contribution in [1.82, 2.24) is 15.5 Å². The molecule has 2 atom stereocenters. The number of hydrogen-bond donors (Lipinski definition) is 2. The Morgan fingerprint density at radius 1 is 1.22 bits per heavy atom. The number of benzene rings is 1. The van der Waals surface area contributed by atoms with Crippen molar-refractivity contribution in [2.45, 2.75) is 32.5 Å². The molecule has 7 heteroatoms. The Kier molecular flexibility index (Phi) is 9.11. The molecular formula is C20H33IN4O2. The first kappa shape index (κ1) is 22.2. The predicted octanol–water partition coefficient (Wildman–Crippen LogP) is 2.13. The fraction of sp³-hybridized carbons (Fsp3) is 0.650. The molecule has 0 saturated carbocycles. The van der Waals surface area contributed by atoms with Gasteiger partial charge in [0.25, 0.3) is 0 Å². The van der Waals surface area contributed by atoms with Crippen molar-refractivity contribution in [2.75, 3.05) is 46.4 Å². The molecule has 2 unspecified atom stereocenters. The van der Waals surface area contributed by atoms with Gasteiger partial charge in [0.05, 0.1) is 19.3 Å². The van der Waals surface area contributed by atoms with Crippen LogP contribution in [0.15, 0.2) is 29.3 Å². The number of nitrogens with zero attached hydrogens (tertiary/aromatic N) is 2. The number of rotatable bonds is 6. The summed E-state index contributed by atoms with van der Waals surface area (Å²) in [7, 11) is 1.80. The molecule has 2 N–H and O–H groups in total. The Labute approximate surface area is 180 Å². The minimum atomic E-state index is 0. The lowest BCUT2D eigenvalue weighted by Gasteiger charge is -2.34. The molecule has 0 bridgehead atoms. The highest BCUT2D eigenvalue weighted by Crippen LogP contribution is 2.27. The van der Waals surface area contributed by atoms with Gasteiger partial charge in [0.2, 0.25) is 0 Å². The van der Waals surface area contributed by atoms with E-state index < -0.39 is 0 Å². The van der Waals surface area contributed by atoms with Gasteiger partial charge in [-0.05, 0) is 17.5 Å². The van der Waals surface area contributed by atoms with Crippen molar-refractivity contribution in [3.05, 3.63) is 29.8 Å². The summed E-state index contributed by atoms with van der Waals surface area (Å²) in [5, 5.41) is 6.76. The number of hydrogen-bond acceptors (Lipinski definition) is 4. The van der Waals surface area contributed by atoms with E-state index in [1.165, 1.54) is 5.56 Å². The summed E-state index contributed by atoms with van der Waals surface area (Å²) in [5.41, 5.74) is 1.28. The van der Waals surface area contributed by atoms with Gasteiger partial charge in [-0.2, -0.15) is 0 Å². The fourth-order valence-electron chi connectivity index (χ4n) is 3.60. The highest BCUT2D eigenvalue weighted by Gasteiger charge is 2.23. The molecule has 2 heterocycles. The molecule has 0 spiro atoms. The molecule has 1 fully saturated rings. The highest BCUT2D eigenvalue weighted by molar-refractivity contribution is 14.0. The largest absolute Gasteiger partial charge is 0.488 e. The van der Waals surface area contributed by atoms with E-state index in [2.05, 4.69) is 46.5 Å². The molecule has 152 valence electrons. The van der Waals surface area contributed by atoms with Crippen LogP contribution in [0.4, 0.5) is 0 Å². The molecule has 2 aliphatic heterocycles. The van der Waals surface area contributed by atoms with E-state index in [0.717, 1.165) is 57.5 Å². The molecule has 3 rings (SSSR count). The molecule has 27 heavy (non-hydrogen) atoms. The SMILES string of the molecule is CN=C(NCC1CN(CC(C)C)CCO1)NCC1Cc2ccccc2O1.I. The summed E-state index contributed by atoms with van der Waals surface area (Å²) in [6.07, 6.45) is 1.29. The third kappa shape index (κ3) is 6.80. The minimum absolute atomic E-state index is 0. The van der Waals surface area contributed by atoms with E-state index in [-0.39, 0.29) is 36.2 Å². The molecule has 1 saturated heterocycles. The molecule has 0 aliphatic carbocycles. The third-order valence-electron chi connectivity index (χ3n) is 4.78. The van der Waals surface area contributed by atoms with Gasteiger partial charge in [-0.3, -0.25) is 9.89 Å². The zero-order valence-corrected chi connectivity index (χ0v) is 18.9. The van der Waals surface area contributed by atoms with E-state index >= 15 is 0 Å². The first-order valence-corrected chi connectivity index (χ1v) is 9.67. The summed E-state index contributed by atoms with van der Waals surface area (Å²) in [6.45, 7) is 9.96. The summed E-state index contributed by atoms with van der Waals surface area (Å²) in [5.74, 6) is 2.49. The van der Waals surface area contributed by atoms with Crippen LogP contribution < -0.4 is 15.4 Å². The number of morpholine rings is 1. The van der Waals surface area contributed by atoms with Crippen molar-refractivity contribution in [2.24, 2.45) is 10.9 Å². The topological polar surface area (TPSA) is 58.1 Å². The zero-order chi connectivity index (χ0) is 18.4. The van der Waals surface area contributed by atoms with Gasteiger partial charge in [0, 0.05) is 39.6 Å². The maximum atomic E-state index is 5.97. The third-order valence-corrected chi connectivity index (χ3v) is 4.78. The van der Waals surface area contributed by atoms with Crippen LogP contribution in [0.1, 0.15) is 19.4 Å². The van der Waals surface area contributed by atoms with E-state index in [1.54, 1.807) is 7.05 Å². The monoisotopic (exact) mass is 488 g/mol. The van der Waals surface area contributed by atoms with Crippen LogP contribution in [0.5, 0.6) is 5.75 Å². The van der Waals surface area contributed by atoms with Crippen molar-refractivity contribution in [3.63, 3.8) is 0 Å². The van der Waals surface area contributed by atoms with E-state index in [9.17, 15) is 0 Å². The second-order valence-corrected chi connectivity index (χ2v) is 7.53. The molecule has 0 amide bonds. The van der Waals surface area contributed by atoms with Gasteiger partial charge in [0.1, 0.15) is 11.9 Å². The zero-order valence-electron chi connectivity index (χ0n) is 16.6. The van der Waals surface area contributed by atoms with Crippen LogP contribution in [0, 0.1) is 5.92 Å². The van der Waals surface area contributed by atoms with Gasteiger partial charge in [-0.25, -0.2) is 0 Å². The number of ether oxygens (including phenoxy) is 2. The average Bonchev–Trinajstić information content (AvgIpc) is 3.04. The van der Waals surface area contributed by atoms with Crippen molar-refractivity contribution >= 4 is 29.9 Å².